The van der Waals surface area contributed by atoms with Crippen LogP contribution in [0.5, 0.6) is 0 Å². The smallest absolute Gasteiger partial charge is 0.0468 e. The Balaban J connectivity index is 1.59. The number of hydrogen-bond donors (Lipinski definition) is 0. The maximum atomic E-state index is 2.38. The van der Waals surface area contributed by atoms with Crippen molar-refractivity contribution in [3.05, 3.63) is 139 Å². The number of anilines is 3. The van der Waals surface area contributed by atoms with Gasteiger partial charge in [0.15, 0.2) is 0 Å². The first-order valence-electron chi connectivity index (χ1n) is 11.9. The lowest BCUT2D eigenvalue weighted by molar-refractivity contribution is 0.660. The monoisotopic (exact) mass is 437 g/mol. The van der Waals surface area contributed by atoms with E-state index in [-0.39, 0.29) is 5.41 Å². The van der Waals surface area contributed by atoms with Crippen molar-refractivity contribution in [1.82, 2.24) is 0 Å². The molecule has 0 aromatic heterocycles. The zero-order valence-corrected chi connectivity index (χ0v) is 19.6. The van der Waals surface area contributed by atoms with Crippen LogP contribution in [0.1, 0.15) is 25.0 Å². The van der Waals surface area contributed by atoms with Crippen LogP contribution in [-0.2, 0) is 5.41 Å². The van der Waals surface area contributed by atoms with E-state index in [1.807, 2.05) is 0 Å². The summed E-state index contributed by atoms with van der Waals surface area (Å²) in [5.41, 5.74) is 11.5. The highest BCUT2D eigenvalue weighted by Crippen LogP contribution is 2.53. The van der Waals surface area contributed by atoms with E-state index in [1.54, 1.807) is 0 Å². The molecule has 1 heteroatoms. The topological polar surface area (TPSA) is 3.24 Å². The van der Waals surface area contributed by atoms with Crippen LogP contribution in [-0.4, -0.2) is 0 Å². The number of nitrogens with zero attached hydrogens (tertiary/aromatic N) is 1. The van der Waals surface area contributed by atoms with Gasteiger partial charge in [0.1, 0.15) is 0 Å². The van der Waals surface area contributed by atoms with Crippen molar-refractivity contribution < 1.29 is 0 Å². The van der Waals surface area contributed by atoms with Gasteiger partial charge in [0, 0.05) is 22.5 Å². The number of benzene rings is 5. The molecule has 0 fully saturated rings. The highest BCUT2D eigenvalue weighted by molar-refractivity contribution is 5.94. The molecular weight excluding hydrogens is 410 g/mol. The summed E-state index contributed by atoms with van der Waals surface area (Å²) in [5.74, 6) is 0. The van der Waals surface area contributed by atoms with Gasteiger partial charge in [0.05, 0.1) is 0 Å². The van der Waals surface area contributed by atoms with E-state index >= 15 is 0 Å². The standard InChI is InChI=1S/C33H27N/c1-33(2)30-22-21-27(34(25-15-8-4-9-16-25)26-17-10-5-11-18-26)23-29(30)32-28(19-12-20-31(32)33)24-13-6-3-7-14-24/h3-23H,1-2H3. The second-order valence-corrected chi connectivity index (χ2v) is 9.46. The molecule has 1 nitrogen and oxygen atoms in total. The average Bonchev–Trinajstić information content (AvgIpc) is 3.12. The average molecular weight is 438 g/mol. The lowest BCUT2D eigenvalue weighted by Crippen LogP contribution is -2.15. The molecule has 0 heterocycles. The summed E-state index contributed by atoms with van der Waals surface area (Å²) >= 11 is 0. The second-order valence-electron chi connectivity index (χ2n) is 9.46. The fourth-order valence-electron chi connectivity index (χ4n) is 5.39. The van der Waals surface area contributed by atoms with E-state index < -0.39 is 0 Å². The largest absolute Gasteiger partial charge is 0.310 e. The van der Waals surface area contributed by atoms with Gasteiger partial charge < -0.3 is 4.90 Å². The summed E-state index contributed by atoms with van der Waals surface area (Å²) in [7, 11) is 0. The molecule has 0 amide bonds. The molecule has 0 atom stereocenters. The summed E-state index contributed by atoms with van der Waals surface area (Å²) < 4.78 is 0. The fourth-order valence-corrected chi connectivity index (χ4v) is 5.39. The van der Waals surface area contributed by atoms with E-state index in [2.05, 4.69) is 146 Å². The summed E-state index contributed by atoms with van der Waals surface area (Å²) in [6.45, 7) is 4.69. The zero-order valence-electron chi connectivity index (χ0n) is 19.6. The minimum Gasteiger partial charge on any atom is -0.310 e. The molecule has 5 aromatic rings. The van der Waals surface area contributed by atoms with Gasteiger partial charge in [0.25, 0.3) is 0 Å². The molecule has 0 aliphatic heterocycles. The Morgan fingerprint density at radius 3 is 1.68 bits per heavy atom. The van der Waals surface area contributed by atoms with Crippen LogP contribution in [0, 0.1) is 0 Å². The Hall–Kier alpha value is -4.10. The first-order chi connectivity index (χ1) is 16.6. The van der Waals surface area contributed by atoms with E-state index in [9.17, 15) is 0 Å². The minimum absolute atomic E-state index is 0.0433. The Labute approximate surface area is 202 Å². The summed E-state index contributed by atoms with van der Waals surface area (Å²) in [5, 5.41) is 0. The van der Waals surface area contributed by atoms with E-state index in [0.29, 0.717) is 0 Å². The van der Waals surface area contributed by atoms with Crippen LogP contribution < -0.4 is 4.90 Å². The summed E-state index contributed by atoms with van der Waals surface area (Å²) in [4.78, 5) is 2.34. The van der Waals surface area contributed by atoms with E-state index in [1.165, 1.54) is 39.1 Å². The van der Waals surface area contributed by atoms with Gasteiger partial charge >= 0.3 is 0 Å². The SMILES string of the molecule is CC1(C)c2ccc(N(c3ccccc3)c3ccccc3)cc2-c2c(-c3ccccc3)cccc21. The highest BCUT2D eigenvalue weighted by Gasteiger charge is 2.37. The molecule has 0 bridgehead atoms. The Morgan fingerprint density at radius 1 is 0.471 bits per heavy atom. The maximum absolute atomic E-state index is 2.38. The number of rotatable bonds is 4. The molecule has 164 valence electrons. The third kappa shape index (κ3) is 3.24. The Bertz CT molecular complexity index is 1410. The van der Waals surface area contributed by atoms with Gasteiger partial charge in [-0.1, -0.05) is 105 Å². The van der Waals surface area contributed by atoms with Crippen molar-refractivity contribution in [2.75, 3.05) is 4.90 Å². The van der Waals surface area contributed by atoms with Crippen LogP contribution >= 0.6 is 0 Å². The molecule has 0 N–H and O–H groups in total. The maximum Gasteiger partial charge on any atom is 0.0468 e. The van der Waals surface area contributed by atoms with Crippen molar-refractivity contribution in [2.45, 2.75) is 19.3 Å². The Kier molecular flexibility index (Phi) is 4.85. The molecule has 0 saturated carbocycles. The lowest BCUT2D eigenvalue weighted by atomic mass is 9.82. The van der Waals surface area contributed by atoms with Gasteiger partial charge in [-0.25, -0.2) is 0 Å². The lowest BCUT2D eigenvalue weighted by Gasteiger charge is -2.27. The quantitative estimate of drug-likeness (QED) is 0.271. The van der Waals surface area contributed by atoms with Crippen LogP contribution in [0.4, 0.5) is 17.1 Å². The van der Waals surface area contributed by atoms with Gasteiger partial charge in [-0.2, -0.15) is 0 Å². The molecule has 0 unspecified atom stereocenters. The molecule has 0 saturated heterocycles. The van der Waals surface area contributed by atoms with E-state index in [4.69, 9.17) is 0 Å². The van der Waals surface area contributed by atoms with Crippen molar-refractivity contribution >= 4 is 17.1 Å². The van der Waals surface area contributed by atoms with Crippen LogP contribution in [0.3, 0.4) is 0 Å². The van der Waals surface area contributed by atoms with Crippen molar-refractivity contribution in [3.8, 4) is 22.3 Å². The van der Waals surface area contributed by atoms with Gasteiger partial charge in [-0.05, 0) is 69.8 Å². The third-order valence-corrected chi connectivity index (χ3v) is 7.06. The molecule has 0 radical (unpaired) electrons. The molecule has 5 aromatic carbocycles. The first-order valence-corrected chi connectivity index (χ1v) is 11.9. The molecular formula is C33H27N. The van der Waals surface area contributed by atoms with Gasteiger partial charge in [0.2, 0.25) is 0 Å². The summed E-state index contributed by atoms with van der Waals surface area (Å²) in [6.07, 6.45) is 0. The number of para-hydroxylation sites is 2. The van der Waals surface area contributed by atoms with Gasteiger partial charge in [-0.15, -0.1) is 0 Å². The first kappa shape index (κ1) is 20.5. The third-order valence-electron chi connectivity index (χ3n) is 7.06. The molecule has 6 rings (SSSR count). The molecule has 34 heavy (non-hydrogen) atoms. The van der Waals surface area contributed by atoms with Crippen molar-refractivity contribution in [1.29, 1.82) is 0 Å². The molecule has 0 spiro atoms. The number of hydrogen-bond acceptors (Lipinski definition) is 1. The minimum atomic E-state index is -0.0433. The van der Waals surface area contributed by atoms with Crippen LogP contribution in [0.15, 0.2) is 127 Å². The second kappa shape index (κ2) is 8.04. The zero-order chi connectivity index (χ0) is 23.1. The normalized spacial score (nSPS) is 13.2. The molecule has 1 aliphatic carbocycles. The predicted octanol–water partition coefficient (Wildman–Crippen LogP) is 9.13. The Morgan fingerprint density at radius 2 is 1.06 bits per heavy atom. The van der Waals surface area contributed by atoms with Crippen LogP contribution in [0.2, 0.25) is 0 Å². The summed E-state index contributed by atoms with van der Waals surface area (Å²) in [6, 6.07) is 45.8. The number of fused-ring (bicyclic) bond motifs is 3. The highest BCUT2D eigenvalue weighted by atomic mass is 15.1. The van der Waals surface area contributed by atoms with Crippen LogP contribution in [0.25, 0.3) is 22.3 Å². The van der Waals surface area contributed by atoms with E-state index in [0.717, 1.165) is 11.4 Å². The van der Waals surface area contributed by atoms with Crippen molar-refractivity contribution in [2.24, 2.45) is 0 Å². The van der Waals surface area contributed by atoms with Crippen molar-refractivity contribution in [3.63, 3.8) is 0 Å². The van der Waals surface area contributed by atoms with Gasteiger partial charge in [-0.3, -0.25) is 0 Å². The molecule has 1 aliphatic rings. The predicted molar refractivity (Wildman–Crippen MR) is 144 cm³/mol. The fraction of sp³-hybridized carbons (Fsp3) is 0.0909.